The number of aliphatic carboxylic acids is 2. The molecule has 0 aromatic rings. The summed E-state index contributed by atoms with van der Waals surface area (Å²) in [7, 11) is 0. The number of amides is 3. The van der Waals surface area contributed by atoms with E-state index in [-0.39, 0.29) is 25.3 Å². The first kappa shape index (κ1) is 33.5. The number of nitrogens with zero attached hydrogens (tertiary/aromatic N) is 1. The summed E-state index contributed by atoms with van der Waals surface area (Å²) in [6, 6.07) is -4.81. The Hall–Kier alpha value is -3.46. The monoisotopic (exact) mass is 530 g/mol. The smallest absolute Gasteiger partial charge is 0.326 e. The number of nitrogens with one attached hydrogen (secondary N) is 3. The Morgan fingerprint density at radius 2 is 1.49 bits per heavy atom. The van der Waals surface area contributed by atoms with Crippen molar-refractivity contribution in [2.75, 3.05) is 13.1 Å². The van der Waals surface area contributed by atoms with Crippen molar-refractivity contribution < 1.29 is 34.2 Å². The maximum absolute atomic E-state index is 13.1. The maximum atomic E-state index is 13.1. The number of carboxylic acid groups (broad SMARTS) is 2. The molecule has 5 atom stereocenters. The SMILES string of the molecule is CCC(C)C(NC(=O)C(CCCCN)NC(=O)C(N)CCCN=C(N)N)C(=O)NC(CC(=O)O)C(=O)O. The van der Waals surface area contributed by atoms with E-state index >= 15 is 0 Å². The van der Waals surface area contributed by atoms with Crippen molar-refractivity contribution in [3.8, 4) is 0 Å². The Morgan fingerprint density at radius 1 is 0.865 bits per heavy atom. The predicted octanol–water partition coefficient (Wildman–Crippen LogP) is -2.44. The van der Waals surface area contributed by atoms with E-state index in [2.05, 4.69) is 20.9 Å². The van der Waals surface area contributed by atoms with Gasteiger partial charge in [-0.25, -0.2) is 4.79 Å². The molecule has 0 heterocycles. The summed E-state index contributed by atoms with van der Waals surface area (Å²) in [5.74, 6) is -5.52. The summed E-state index contributed by atoms with van der Waals surface area (Å²) in [5.41, 5.74) is 22.0. The Morgan fingerprint density at radius 3 is 2.00 bits per heavy atom. The number of nitrogens with two attached hydrogens (primary N) is 4. The van der Waals surface area contributed by atoms with Crippen molar-refractivity contribution in [2.45, 2.75) is 83.0 Å². The molecule has 0 aliphatic carbocycles. The van der Waals surface area contributed by atoms with E-state index in [9.17, 15) is 29.1 Å². The Kier molecular flexibility index (Phi) is 16.2. The third-order valence-corrected chi connectivity index (χ3v) is 5.67. The average molecular weight is 531 g/mol. The fraction of sp³-hybridized carbons (Fsp3) is 0.727. The average Bonchev–Trinajstić information content (AvgIpc) is 2.82. The lowest BCUT2D eigenvalue weighted by Crippen LogP contribution is -2.58. The molecule has 0 saturated heterocycles. The zero-order valence-corrected chi connectivity index (χ0v) is 21.4. The van der Waals surface area contributed by atoms with Gasteiger partial charge in [-0.1, -0.05) is 20.3 Å². The van der Waals surface area contributed by atoms with Gasteiger partial charge in [0.05, 0.1) is 12.5 Å². The molecule has 15 heteroatoms. The first-order valence-corrected chi connectivity index (χ1v) is 12.2. The normalized spacial score (nSPS) is 14.8. The number of hydrogen-bond donors (Lipinski definition) is 9. The summed E-state index contributed by atoms with van der Waals surface area (Å²) >= 11 is 0. The summed E-state index contributed by atoms with van der Waals surface area (Å²) in [4.78, 5) is 64.7. The minimum Gasteiger partial charge on any atom is -0.481 e. The Balaban J connectivity index is 5.49. The van der Waals surface area contributed by atoms with Crippen LogP contribution < -0.4 is 38.9 Å². The zero-order chi connectivity index (χ0) is 28.5. The molecule has 13 N–H and O–H groups in total. The molecule has 0 aromatic heterocycles. The third-order valence-electron chi connectivity index (χ3n) is 5.67. The van der Waals surface area contributed by atoms with Crippen LogP contribution >= 0.6 is 0 Å². The van der Waals surface area contributed by atoms with Crippen LogP contribution in [0.2, 0.25) is 0 Å². The van der Waals surface area contributed by atoms with E-state index < -0.39 is 66.2 Å². The van der Waals surface area contributed by atoms with Crippen molar-refractivity contribution in [3.05, 3.63) is 0 Å². The first-order valence-electron chi connectivity index (χ1n) is 12.2. The minimum absolute atomic E-state index is 0.0767. The number of rotatable bonds is 19. The van der Waals surface area contributed by atoms with Gasteiger partial charge in [-0.15, -0.1) is 0 Å². The van der Waals surface area contributed by atoms with E-state index in [1.165, 1.54) is 0 Å². The lowest BCUT2D eigenvalue weighted by atomic mass is 9.96. The second kappa shape index (κ2) is 17.9. The van der Waals surface area contributed by atoms with Gasteiger partial charge in [0.15, 0.2) is 5.96 Å². The number of hydrogen-bond acceptors (Lipinski definition) is 8. The van der Waals surface area contributed by atoms with Gasteiger partial charge in [-0.2, -0.15) is 0 Å². The molecular weight excluding hydrogens is 488 g/mol. The van der Waals surface area contributed by atoms with Crippen LogP contribution in [0.3, 0.4) is 0 Å². The zero-order valence-electron chi connectivity index (χ0n) is 21.4. The molecule has 212 valence electrons. The molecule has 37 heavy (non-hydrogen) atoms. The van der Waals surface area contributed by atoms with Crippen molar-refractivity contribution in [2.24, 2.45) is 33.8 Å². The summed E-state index contributed by atoms with van der Waals surface area (Å²) < 4.78 is 0. The highest BCUT2D eigenvalue weighted by atomic mass is 16.4. The van der Waals surface area contributed by atoms with Gasteiger partial charge < -0.3 is 49.1 Å². The quantitative estimate of drug-likeness (QED) is 0.0480. The minimum atomic E-state index is -1.68. The van der Waals surface area contributed by atoms with Crippen molar-refractivity contribution in [3.63, 3.8) is 0 Å². The summed E-state index contributed by atoms with van der Waals surface area (Å²) in [6.45, 7) is 4.11. The number of aliphatic imine (C=N–C) groups is 1. The van der Waals surface area contributed by atoms with Crippen LogP contribution in [0.1, 0.15) is 58.8 Å². The molecule has 0 bridgehead atoms. The highest BCUT2D eigenvalue weighted by molar-refractivity contribution is 5.94. The molecule has 3 amide bonds. The fourth-order valence-electron chi connectivity index (χ4n) is 3.28. The highest BCUT2D eigenvalue weighted by Gasteiger charge is 2.33. The number of carboxylic acids is 2. The fourth-order valence-corrected chi connectivity index (χ4v) is 3.28. The van der Waals surface area contributed by atoms with Crippen LogP contribution in [-0.2, 0) is 24.0 Å². The lowest BCUT2D eigenvalue weighted by Gasteiger charge is -2.28. The Bertz CT molecular complexity index is 804. The molecule has 0 saturated carbocycles. The van der Waals surface area contributed by atoms with Crippen LogP contribution in [0.25, 0.3) is 0 Å². The highest BCUT2D eigenvalue weighted by Crippen LogP contribution is 2.11. The number of unbranched alkanes of at least 4 members (excludes halogenated alkanes) is 1. The van der Waals surface area contributed by atoms with Crippen LogP contribution in [0.4, 0.5) is 0 Å². The van der Waals surface area contributed by atoms with Gasteiger partial charge in [0, 0.05) is 6.54 Å². The topological polar surface area (TPSA) is 278 Å². The largest absolute Gasteiger partial charge is 0.481 e. The maximum Gasteiger partial charge on any atom is 0.326 e. The number of carbonyl (C=O) groups excluding carboxylic acids is 3. The van der Waals surface area contributed by atoms with Crippen molar-refractivity contribution in [1.29, 1.82) is 0 Å². The predicted molar refractivity (Wildman–Crippen MR) is 136 cm³/mol. The molecule has 0 radical (unpaired) electrons. The van der Waals surface area contributed by atoms with Gasteiger partial charge in [0.25, 0.3) is 0 Å². The van der Waals surface area contributed by atoms with Crippen LogP contribution in [-0.4, -0.2) is 83.1 Å². The van der Waals surface area contributed by atoms with Gasteiger partial charge in [-0.05, 0) is 44.6 Å². The van der Waals surface area contributed by atoms with Crippen LogP contribution in [0.15, 0.2) is 4.99 Å². The molecule has 5 unspecified atom stereocenters. The van der Waals surface area contributed by atoms with Gasteiger partial charge >= 0.3 is 11.9 Å². The van der Waals surface area contributed by atoms with Crippen molar-refractivity contribution >= 4 is 35.6 Å². The van der Waals surface area contributed by atoms with Gasteiger partial charge in [-0.3, -0.25) is 24.2 Å². The van der Waals surface area contributed by atoms with Crippen LogP contribution in [0, 0.1) is 5.92 Å². The third kappa shape index (κ3) is 14.0. The number of guanidine groups is 1. The molecule has 0 aromatic carbocycles. The molecule has 15 nitrogen and oxygen atoms in total. The molecule has 0 spiro atoms. The molecule has 0 aliphatic heterocycles. The van der Waals surface area contributed by atoms with Gasteiger partial charge in [0.1, 0.15) is 18.1 Å². The van der Waals surface area contributed by atoms with E-state index in [0.29, 0.717) is 32.2 Å². The van der Waals surface area contributed by atoms with Crippen LogP contribution in [0.5, 0.6) is 0 Å². The standard InChI is InChI=1S/C22H42N8O7/c1-3-12(2)17(20(35)29-15(21(36)37)11-16(31)32)30-19(34)14(8-4-5-9-23)28-18(33)13(24)7-6-10-27-22(25)26/h12-15,17H,3-11,23-24H2,1-2H3,(H,28,33)(H,29,35)(H,30,34)(H,31,32)(H,36,37)(H4,25,26,27). The van der Waals surface area contributed by atoms with Crippen molar-refractivity contribution in [1.82, 2.24) is 16.0 Å². The van der Waals surface area contributed by atoms with E-state index in [0.717, 1.165) is 0 Å². The lowest BCUT2D eigenvalue weighted by molar-refractivity contribution is -0.147. The second-order valence-corrected chi connectivity index (χ2v) is 8.77. The Labute approximate surface area is 216 Å². The molecular formula is C22H42N8O7. The van der Waals surface area contributed by atoms with Gasteiger partial charge in [0.2, 0.25) is 17.7 Å². The molecule has 0 rings (SSSR count). The van der Waals surface area contributed by atoms with E-state index in [4.69, 9.17) is 28.0 Å². The summed E-state index contributed by atoms with van der Waals surface area (Å²) in [6.07, 6.45) is 1.64. The molecule has 0 fully saturated rings. The van der Waals surface area contributed by atoms with E-state index in [1.807, 2.05) is 0 Å². The molecule has 0 aliphatic rings. The number of carbonyl (C=O) groups is 5. The summed E-state index contributed by atoms with van der Waals surface area (Å²) in [5, 5.41) is 25.5. The first-order chi connectivity index (χ1) is 17.3. The second-order valence-electron chi connectivity index (χ2n) is 8.77. The van der Waals surface area contributed by atoms with E-state index in [1.54, 1.807) is 13.8 Å².